The van der Waals surface area contributed by atoms with Gasteiger partial charge in [-0.3, -0.25) is 9.52 Å². The number of anilines is 1. The second-order valence-electron chi connectivity index (χ2n) is 6.46. The summed E-state index contributed by atoms with van der Waals surface area (Å²) in [6.45, 7) is 3.63. The van der Waals surface area contributed by atoms with E-state index < -0.39 is 10.0 Å². The van der Waals surface area contributed by atoms with E-state index in [1.807, 2.05) is 6.92 Å². The van der Waals surface area contributed by atoms with E-state index in [4.69, 9.17) is 0 Å². The molecule has 0 saturated carbocycles. The van der Waals surface area contributed by atoms with Crippen LogP contribution in [0.2, 0.25) is 0 Å². The molecule has 0 unspecified atom stereocenters. The minimum Gasteiger partial charge on any atom is -0.349 e. The number of amides is 1. The number of sulfonamides is 1. The van der Waals surface area contributed by atoms with E-state index in [0.29, 0.717) is 5.56 Å². The maximum absolute atomic E-state index is 12.6. The van der Waals surface area contributed by atoms with Crippen molar-refractivity contribution in [2.75, 3.05) is 17.8 Å². The lowest BCUT2D eigenvalue weighted by molar-refractivity contribution is 0.0930. The summed E-state index contributed by atoms with van der Waals surface area (Å²) < 4.78 is 27.8. The maximum Gasteiger partial charge on any atom is 0.261 e. The topological polar surface area (TPSA) is 87.3 Å². The van der Waals surface area contributed by atoms with Crippen LogP contribution in [-0.2, 0) is 10.0 Å². The van der Waals surface area contributed by atoms with Crippen molar-refractivity contribution in [3.8, 4) is 0 Å². The number of carbonyl (C=O) groups is 1. The number of nitrogens with one attached hydrogen (secondary N) is 3. The van der Waals surface area contributed by atoms with Crippen molar-refractivity contribution in [2.45, 2.75) is 30.7 Å². The van der Waals surface area contributed by atoms with Gasteiger partial charge in [0, 0.05) is 6.04 Å². The van der Waals surface area contributed by atoms with Gasteiger partial charge in [0.15, 0.2) is 0 Å². The first-order valence-corrected chi connectivity index (χ1v) is 10.1. The van der Waals surface area contributed by atoms with Gasteiger partial charge in [-0.1, -0.05) is 29.8 Å². The third kappa shape index (κ3) is 5.45. The number of halogens is 1. The van der Waals surface area contributed by atoms with Crippen LogP contribution in [0.4, 0.5) is 5.69 Å². The Morgan fingerprint density at radius 2 is 1.67 bits per heavy atom. The lowest BCUT2D eigenvalue weighted by Crippen LogP contribution is -2.42. The number of aryl methyl sites for hydroxylation is 1. The smallest absolute Gasteiger partial charge is 0.261 e. The van der Waals surface area contributed by atoms with Crippen molar-refractivity contribution in [1.82, 2.24) is 10.6 Å². The monoisotopic (exact) mass is 409 g/mol. The number of para-hydroxylation sites is 1. The van der Waals surface area contributed by atoms with Crippen LogP contribution >= 0.6 is 12.4 Å². The molecule has 1 amide bonds. The van der Waals surface area contributed by atoms with Gasteiger partial charge in [0.2, 0.25) is 0 Å². The number of benzene rings is 2. The molecule has 0 aromatic heterocycles. The zero-order valence-electron chi connectivity index (χ0n) is 15.1. The minimum absolute atomic E-state index is 0. The van der Waals surface area contributed by atoms with Crippen molar-refractivity contribution in [2.24, 2.45) is 0 Å². The Hall–Kier alpha value is -2.09. The SMILES string of the molecule is Cc1ccc(S(=O)(=O)Nc2ccccc2C(=O)NC2CCNCC2)cc1.Cl. The van der Waals surface area contributed by atoms with E-state index >= 15 is 0 Å². The van der Waals surface area contributed by atoms with Crippen molar-refractivity contribution >= 4 is 34.0 Å². The van der Waals surface area contributed by atoms with Crippen molar-refractivity contribution in [3.05, 3.63) is 59.7 Å². The van der Waals surface area contributed by atoms with E-state index in [9.17, 15) is 13.2 Å². The molecule has 2 aromatic carbocycles. The summed E-state index contributed by atoms with van der Waals surface area (Å²) in [5.41, 5.74) is 1.58. The number of rotatable bonds is 5. The predicted molar refractivity (Wildman–Crippen MR) is 109 cm³/mol. The van der Waals surface area contributed by atoms with E-state index in [1.165, 1.54) is 0 Å². The van der Waals surface area contributed by atoms with Crippen LogP contribution in [0.25, 0.3) is 0 Å². The normalized spacial score (nSPS) is 14.9. The second-order valence-corrected chi connectivity index (χ2v) is 8.14. The fourth-order valence-electron chi connectivity index (χ4n) is 2.92. The molecule has 0 spiro atoms. The summed E-state index contributed by atoms with van der Waals surface area (Å²) in [4.78, 5) is 12.8. The number of piperidine rings is 1. The zero-order chi connectivity index (χ0) is 18.6. The second kappa shape index (κ2) is 9.21. The third-order valence-electron chi connectivity index (χ3n) is 4.42. The first-order chi connectivity index (χ1) is 12.5. The molecule has 8 heteroatoms. The maximum atomic E-state index is 12.6. The highest BCUT2D eigenvalue weighted by Crippen LogP contribution is 2.21. The summed E-state index contributed by atoms with van der Waals surface area (Å²) in [5, 5.41) is 6.24. The largest absolute Gasteiger partial charge is 0.349 e. The fraction of sp³-hybridized carbons (Fsp3) is 0.316. The molecule has 0 bridgehead atoms. The molecule has 27 heavy (non-hydrogen) atoms. The lowest BCUT2D eigenvalue weighted by Gasteiger charge is -2.24. The molecule has 1 saturated heterocycles. The highest BCUT2D eigenvalue weighted by atomic mass is 35.5. The Balaban J connectivity index is 0.00000261. The van der Waals surface area contributed by atoms with Crippen molar-refractivity contribution < 1.29 is 13.2 Å². The Bertz CT molecular complexity index is 879. The first kappa shape index (κ1) is 21.2. The van der Waals surface area contributed by atoms with Crippen LogP contribution in [0.1, 0.15) is 28.8 Å². The highest BCUT2D eigenvalue weighted by Gasteiger charge is 2.21. The number of hydrogen-bond donors (Lipinski definition) is 3. The quantitative estimate of drug-likeness (QED) is 0.708. The molecule has 146 valence electrons. The number of hydrogen-bond acceptors (Lipinski definition) is 4. The molecule has 3 rings (SSSR count). The van der Waals surface area contributed by atoms with E-state index in [0.717, 1.165) is 31.5 Å². The number of carbonyl (C=O) groups excluding carboxylic acids is 1. The van der Waals surface area contributed by atoms with Crippen molar-refractivity contribution in [1.29, 1.82) is 0 Å². The molecule has 0 aliphatic carbocycles. The van der Waals surface area contributed by atoms with Gasteiger partial charge in [0.1, 0.15) is 0 Å². The Morgan fingerprint density at radius 1 is 1.04 bits per heavy atom. The Labute approximate surface area is 166 Å². The molecule has 2 aromatic rings. The fourth-order valence-corrected chi connectivity index (χ4v) is 4.00. The van der Waals surface area contributed by atoms with Gasteiger partial charge in [-0.05, 0) is 57.1 Å². The van der Waals surface area contributed by atoms with Gasteiger partial charge < -0.3 is 10.6 Å². The molecular weight excluding hydrogens is 386 g/mol. The van der Waals surface area contributed by atoms with Crippen LogP contribution in [0.3, 0.4) is 0 Å². The summed E-state index contributed by atoms with van der Waals surface area (Å²) in [7, 11) is -3.76. The summed E-state index contributed by atoms with van der Waals surface area (Å²) in [5.74, 6) is -0.265. The van der Waals surface area contributed by atoms with Crippen molar-refractivity contribution in [3.63, 3.8) is 0 Å². The predicted octanol–water partition coefficient (Wildman–Crippen LogP) is 2.70. The molecule has 6 nitrogen and oxygen atoms in total. The van der Waals surface area contributed by atoms with Crippen LogP contribution in [-0.4, -0.2) is 33.5 Å². The first-order valence-electron chi connectivity index (χ1n) is 8.66. The van der Waals surface area contributed by atoms with Crippen LogP contribution in [0.5, 0.6) is 0 Å². The average molecular weight is 410 g/mol. The van der Waals surface area contributed by atoms with Gasteiger partial charge in [-0.2, -0.15) is 0 Å². The van der Waals surface area contributed by atoms with Crippen LogP contribution in [0, 0.1) is 6.92 Å². The third-order valence-corrected chi connectivity index (χ3v) is 5.80. The summed E-state index contributed by atoms with van der Waals surface area (Å²) in [6.07, 6.45) is 1.73. The molecule has 3 N–H and O–H groups in total. The summed E-state index contributed by atoms with van der Waals surface area (Å²) in [6, 6.07) is 13.3. The van der Waals surface area contributed by atoms with Gasteiger partial charge in [-0.25, -0.2) is 8.42 Å². The van der Waals surface area contributed by atoms with Gasteiger partial charge in [-0.15, -0.1) is 12.4 Å². The average Bonchev–Trinajstić information content (AvgIpc) is 2.63. The standard InChI is InChI=1S/C19H23N3O3S.ClH/c1-14-6-8-16(9-7-14)26(24,25)22-18-5-3-2-4-17(18)19(23)21-15-10-12-20-13-11-15;/h2-9,15,20,22H,10-13H2,1H3,(H,21,23);1H. The molecule has 0 atom stereocenters. The van der Waals surface area contributed by atoms with E-state index in [1.54, 1.807) is 48.5 Å². The Morgan fingerprint density at radius 3 is 2.33 bits per heavy atom. The zero-order valence-corrected chi connectivity index (χ0v) is 16.7. The Kier molecular flexibility index (Phi) is 7.24. The van der Waals surface area contributed by atoms with E-state index in [2.05, 4.69) is 15.4 Å². The molecule has 1 aliphatic heterocycles. The minimum atomic E-state index is -3.76. The van der Waals surface area contributed by atoms with Gasteiger partial charge in [0.25, 0.3) is 15.9 Å². The highest BCUT2D eigenvalue weighted by molar-refractivity contribution is 7.92. The molecular formula is C19H24ClN3O3S. The van der Waals surface area contributed by atoms with Crippen LogP contribution < -0.4 is 15.4 Å². The summed E-state index contributed by atoms with van der Waals surface area (Å²) >= 11 is 0. The van der Waals surface area contributed by atoms with E-state index in [-0.39, 0.29) is 34.9 Å². The molecule has 1 aliphatic rings. The van der Waals surface area contributed by atoms with Gasteiger partial charge in [0.05, 0.1) is 16.1 Å². The molecule has 1 heterocycles. The molecule has 1 fully saturated rings. The van der Waals surface area contributed by atoms with Crippen LogP contribution in [0.15, 0.2) is 53.4 Å². The molecule has 0 radical (unpaired) electrons. The lowest BCUT2D eigenvalue weighted by atomic mass is 10.1. The van der Waals surface area contributed by atoms with Gasteiger partial charge >= 0.3 is 0 Å².